The quantitative estimate of drug-likeness (QED) is 0.271. The van der Waals surface area contributed by atoms with Crippen molar-refractivity contribution in [2.75, 3.05) is 27.3 Å². The average molecular weight is 608 g/mol. The third-order valence-electron chi connectivity index (χ3n) is 7.43. The highest BCUT2D eigenvalue weighted by molar-refractivity contribution is 7.07. The minimum Gasteiger partial charge on any atom is -0.496 e. The molecule has 8 nitrogen and oxygen atoms in total. The standard InChI is InChI=1S/C32H31F2N3O5S/c1-6-36(7-2)30(39)26-18(3)35-32-37(28(26)27-21-11-9-8-10-20(21)13-15-23(27)40-4)29(38)25(43-32)17-19-12-14-22(42-31(33)34)24(16-19)41-5/h8-17,28,31H,6-7H2,1-5H3/b25-17-/t28-/m1/s1. The highest BCUT2D eigenvalue weighted by atomic mass is 32.1. The summed E-state index contributed by atoms with van der Waals surface area (Å²) < 4.78 is 43.2. The van der Waals surface area contributed by atoms with Gasteiger partial charge in [-0.05, 0) is 61.4 Å². The van der Waals surface area contributed by atoms with Crippen molar-refractivity contribution >= 4 is 34.1 Å². The molecule has 2 heterocycles. The second kappa shape index (κ2) is 12.4. The van der Waals surface area contributed by atoms with Gasteiger partial charge in [-0.3, -0.25) is 14.2 Å². The largest absolute Gasteiger partial charge is 0.496 e. The Morgan fingerprint density at radius 3 is 2.42 bits per heavy atom. The zero-order chi connectivity index (χ0) is 30.8. The van der Waals surface area contributed by atoms with Gasteiger partial charge in [0.25, 0.3) is 11.5 Å². The van der Waals surface area contributed by atoms with Crippen molar-refractivity contribution in [3.8, 4) is 17.2 Å². The van der Waals surface area contributed by atoms with Crippen molar-refractivity contribution < 1.29 is 27.8 Å². The maximum atomic E-state index is 14.2. The first-order chi connectivity index (χ1) is 20.7. The molecule has 0 radical (unpaired) electrons. The molecule has 0 saturated carbocycles. The van der Waals surface area contributed by atoms with Crippen LogP contribution in [0, 0.1) is 0 Å². The number of allylic oxidation sites excluding steroid dienone is 1. The normalized spacial score (nSPS) is 15.0. The van der Waals surface area contributed by atoms with E-state index in [-0.39, 0.29) is 23.0 Å². The topological polar surface area (TPSA) is 82.4 Å². The van der Waals surface area contributed by atoms with Crippen LogP contribution in [0.4, 0.5) is 8.78 Å². The number of hydrogen-bond acceptors (Lipinski definition) is 7. The second-order valence-electron chi connectivity index (χ2n) is 9.75. The predicted octanol–water partition coefficient (Wildman–Crippen LogP) is 4.88. The summed E-state index contributed by atoms with van der Waals surface area (Å²) in [5.74, 6) is 0.314. The third-order valence-corrected chi connectivity index (χ3v) is 8.41. The molecule has 5 rings (SSSR count). The van der Waals surface area contributed by atoms with Gasteiger partial charge in [-0.1, -0.05) is 47.7 Å². The van der Waals surface area contributed by atoms with Crippen LogP contribution in [0.2, 0.25) is 0 Å². The van der Waals surface area contributed by atoms with E-state index in [0.717, 1.165) is 10.8 Å². The van der Waals surface area contributed by atoms with Gasteiger partial charge < -0.3 is 19.1 Å². The van der Waals surface area contributed by atoms with Crippen molar-refractivity contribution in [1.29, 1.82) is 0 Å². The molecule has 1 amide bonds. The van der Waals surface area contributed by atoms with E-state index < -0.39 is 12.7 Å². The van der Waals surface area contributed by atoms with Crippen LogP contribution < -0.4 is 29.1 Å². The van der Waals surface area contributed by atoms with Gasteiger partial charge in [0.05, 0.1) is 30.0 Å². The van der Waals surface area contributed by atoms with Crippen LogP contribution in [0.25, 0.3) is 16.8 Å². The number of nitrogens with zero attached hydrogens (tertiary/aromatic N) is 3. The van der Waals surface area contributed by atoms with Crippen molar-refractivity contribution in [3.05, 3.63) is 96.7 Å². The van der Waals surface area contributed by atoms with Gasteiger partial charge in [0, 0.05) is 18.7 Å². The summed E-state index contributed by atoms with van der Waals surface area (Å²) >= 11 is 1.18. The summed E-state index contributed by atoms with van der Waals surface area (Å²) in [6.45, 7) is 3.57. The lowest BCUT2D eigenvalue weighted by Gasteiger charge is -2.30. The van der Waals surface area contributed by atoms with Gasteiger partial charge in [-0.15, -0.1) is 0 Å². The molecule has 0 bridgehead atoms. The van der Waals surface area contributed by atoms with Gasteiger partial charge in [0.1, 0.15) is 11.8 Å². The van der Waals surface area contributed by atoms with Crippen molar-refractivity contribution in [3.63, 3.8) is 0 Å². The van der Waals surface area contributed by atoms with E-state index in [1.807, 2.05) is 50.2 Å². The number of halogens is 2. The Hall–Kier alpha value is -4.51. The zero-order valence-electron chi connectivity index (χ0n) is 24.4. The molecule has 1 aliphatic heterocycles. The number of likely N-dealkylation sites (N-methyl/N-ethyl adjacent to an activating group) is 1. The van der Waals surface area contributed by atoms with Crippen molar-refractivity contribution in [2.45, 2.75) is 33.4 Å². The number of carbonyl (C=O) groups is 1. The number of rotatable bonds is 9. The second-order valence-corrected chi connectivity index (χ2v) is 10.8. The number of methoxy groups -OCH3 is 2. The highest BCUT2D eigenvalue weighted by Gasteiger charge is 2.36. The number of hydrogen-bond donors (Lipinski definition) is 0. The van der Waals surface area contributed by atoms with E-state index in [4.69, 9.17) is 14.5 Å². The molecule has 1 atom stereocenters. The number of amides is 1. The van der Waals surface area contributed by atoms with E-state index >= 15 is 0 Å². The Morgan fingerprint density at radius 2 is 1.74 bits per heavy atom. The fourth-order valence-electron chi connectivity index (χ4n) is 5.40. The predicted molar refractivity (Wildman–Crippen MR) is 162 cm³/mol. The molecular formula is C32H31F2N3O5S. The molecule has 0 fully saturated rings. The number of carbonyl (C=O) groups excluding carboxylic acids is 1. The number of thiazole rings is 1. The van der Waals surface area contributed by atoms with Crippen LogP contribution in [-0.4, -0.2) is 49.3 Å². The Bertz CT molecular complexity index is 1910. The zero-order valence-corrected chi connectivity index (χ0v) is 25.2. The summed E-state index contributed by atoms with van der Waals surface area (Å²) in [7, 11) is 2.91. The SMILES string of the molecule is CCN(CC)C(=O)C1=C(C)N=c2s/c(=C\c3ccc(OC(F)F)c(OC)c3)c(=O)n2[C@H]1c1c(OC)ccc2ccccc12. The molecule has 0 aliphatic carbocycles. The molecule has 1 aliphatic rings. The van der Waals surface area contributed by atoms with Crippen molar-refractivity contribution in [2.24, 2.45) is 4.99 Å². The van der Waals surface area contributed by atoms with Crippen molar-refractivity contribution in [1.82, 2.24) is 9.47 Å². The molecule has 0 saturated heterocycles. The average Bonchev–Trinajstić information content (AvgIpc) is 3.30. The lowest BCUT2D eigenvalue weighted by atomic mass is 9.90. The Balaban J connectivity index is 1.78. The van der Waals surface area contributed by atoms with Gasteiger partial charge in [0.15, 0.2) is 16.3 Å². The van der Waals surface area contributed by atoms with Gasteiger partial charge in [-0.25, -0.2) is 4.99 Å². The number of ether oxygens (including phenoxy) is 3. The van der Waals surface area contributed by atoms with E-state index in [1.165, 1.54) is 30.6 Å². The number of benzene rings is 3. The lowest BCUT2D eigenvalue weighted by Crippen LogP contribution is -2.43. The molecule has 0 N–H and O–H groups in total. The van der Waals surface area contributed by atoms with Crippen LogP contribution in [0.1, 0.15) is 37.9 Å². The van der Waals surface area contributed by atoms with Crippen LogP contribution in [0.5, 0.6) is 17.2 Å². The fraction of sp³-hybridized carbons (Fsp3) is 0.281. The molecule has 3 aromatic carbocycles. The van der Waals surface area contributed by atoms with Gasteiger partial charge in [-0.2, -0.15) is 8.78 Å². The molecule has 1 aromatic heterocycles. The van der Waals surface area contributed by atoms with E-state index in [0.29, 0.717) is 50.6 Å². The first-order valence-corrected chi connectivity index (χ1v) is 14.5. The molecule has 43 heavy (non-hydrogen) atoms. The van der Waals surface area contributed by atoms with E-state index in [2.05, 4.69) is 4.74 Å². The monoisotopic (exact) mass is 607 g/mol. The first-order valence-electron chi connectivity index (χ1n) is 13.7. The molecule has 11 heteroatoms. The van der Waals surface area contributed by atoms with Crippen LogP contribution in [0.15, 0.2) is 75.7 Å². The smallest absolute Gasteiger partial charge is 0.387 e. The minimum absolute atomic E-state index is 0.100. The minimum atomic E-state index is -3.01. The molecule has 0 unspecified atom stereocenters. The molecule has 224 valence electrons. The van der Waals surface area contributed by atoms with Crippen LogP contribution in [0.3, 0.4) is 0 Å². The summed E-state index contributed by atoms with van der Waals surface area (Å²) in [5, 5.41) is 1.78. The molecule has 4 aromatic rings. The van der Waals surface area contributed by atoms with Gasteiger partial charge >= 0.3 is 6.61 Å². The summed E-state index contributed by atoms with van der Waals surface area (Å²) in [5.41, 5.74) is 1.78. The number of alkyl halides is 2. The molecular weight excluding hydrogens is 576 g/mol. The van der Waals surface area contributed by atoms with Crippen LogP contribution >= 0.6 is 11.3 Å². The maximum absolute atomic E-state index is 14.2. The number of aromatic nitrogens is 1. The summed E-state index contributed by atoms with van der Waals surface area (Å²) in [6.07, 6.45) is 1.64. The Labute approximate surface area is 250 Å². The summed E-state index contributed by atoms with van der Waals surface area (Å²) in [6, 6.07) is 15.2. The van der Waals surface area contributed by atoms with Gasteiger partial charge in [0.2, 0.25) is 0 Å². The number of fused-ring (bicyclic) bond motifs is 2. The Morgan fingerprint density at radius 1 is 1.05 bits per heavy atom. The maximum Gasteiger partial charge on any atom is 0.387 e. The highest BCUT2D eigenvalue weighted by Crippen LogP contribution is 2.40. The molecule has 0 spiro atoms. The summed E-state index contributed by atoms with van der Waals surface area (Å²) in [4.78, 5) is 35.2. The third kappa shape index (κ3) is 5.52. The Kier molecular flexibility index (Phi) is 8.63. The van der Waals surface area contributed by atoms with Crippen LogP contribution in [-0.2, 0) is 4.79 Å². The lowest BCUT2D eigenvalue weighted by molar-refractivity contribution is -0.127. The van der Waals surface area contributed by atoms with E-state index in [1.54, 1.807) is 35.6 Å². The first kappa shape index (κ1) is 30.0. The van der Waals surface area contributed by atoms with E-state index in [9.17, 15) is 18.4 Å². The fourth-order valence-corrected chi connectivity index (χ4v) is 6.45.